The van der Waals surface area contributed by atoms with Crippen molar-refractivity contribution >= 4 is 0 Å². The maximum absolute atomic E-state index is 6.39. The molecule has 1 saturated heterocycles. The molecule has 0 radical (unpaired) electrons. The normalized spacial score (nSPS) is 38.8. The number of ether oxygens (including phenoxy) is 1. The highest BCUT2D eigenvalue weighted by Gasteiger charge is 2.56. The van der Waals surface area contributed by atoms with E-state index < -0.39 is 0 Å². The topological polar surface area (TPSA) is 9.23 Å². The molecule has 2 aliphatic rings. The summed E-state index contributed by atoms with van der Waals surface area (Å²) in [6.07, 6.45) is 6.44. The van der Waals surface area contributed by atoms with Crippen molar-refractivity contribution < 1.29 is 4.74 Å². The number of hydrogen-bond acceptors (Lipinski definition) is 1. The Kier molecular flexibility index (Phi) is 3.21. The lowest BCUT2D eigenvalue weighted by atomic mass is 9.53. The molecule has 19 heavy (non-hydrogen) atoms. The molecule has 0 N–H and O–H groups in total. The van der Waals surface area contributed by atoms with Gasteiger partial charge in [0.15, 0.2) is 0 Å². The predicted molar refractivity (Wildman–Crippen MR) is 79.5 cm³/mol. The van der Waals surface area contributed by atoms with Gasteiger partial charge in [-0.05, 0) is 56.6 Å². The summed E-state index contributed by atoms with van der Waals surface area (Å²) >= 11 is 0. The minimum absolute atomic E-state index is 0.0234. The van der Waals surface area contributed by atoms with Crippen LogP contribution in [-0.2, 0) is 10.2 Å². The van der Waals surface area contributed by atoms with Gasteiger partial charge in [0.1, 0.15) is 0 Å². The quantitative estimate of drug-likeness (QED) is 0.714. The van der Waals surface area contributed by atoms with E-state index in [0.717, 1.165) is 6.61 Å². The number of rotatable bonds is 1. The summed E-state index contributed by atoms with van der Waals surface area (Å²) < 4.78 is 6.39. The third-order valence-corrected chi connectivity index (χ3v) is 5.94. The van der Waals surface area contributed by atoms with Gasteiger partial charge in [-0.15, -0.1) is 0 Å². The molecule has 1 aromatic carbocycles. The van der Waals surface area contributed by atoms with Crippen LogP contribution < -0.4 is 0 Å². The molecule has 1 aromatic rings. The summed E-state index contributed by atoms with van der Waals surface area (Å²) in [4.78, 5) is 0. The van der Waals surface area contributed by atoms with Gasteiger partial charge in [0.05, 0.1) is 5.60 Å². The van der Waals surface area contributed by atoms with Crippen molar-refractivity contribution in [3.8, 4) is 0 Å². The Bertz CT molecular complexity index is 463. The first-order chi connectivity index (χ1) is 9.10. The van der Waals surface area contributed by atoms with Gasteiger partial charge in [-0.25, -0.2) is 0 Å². The minimum Gasteiger partial charge on any atom is -0.374 e. The van der Waals surface area contributed by atoms with E-state index in [2.05, 4.69) is 45.0 Å². The maximum atomic E-state index is 6.39. The zero-order valence-electron chi connectivity index (χ0n) is 12.5. The molecule has 3 rings (SSSR count). The molecule has 0 aromatic heterocycles. The highest BCUT2D eigenvalue weighted by molar-refractivity contribution is 5.38. The molecule has 1 saturated carbocycles. The zero-order chi connectivity index (χ0) is 13.5. The molecule has 0 amide bonds. The number of aryl methyl sites for hydroxylation is 1. The van der Waals surface area contributed by atoms with Crippen molar-refractivity contribution in [1.29, 1.82) is 0 Å². The van der Waals surface area contributed by atoms with Crippen LogP contribution in [0.5, 0.6) is 0 Å². The zero-order valence-corrected chi connectivity index (χ0v) is 12.5. The highest BCUT2D eigenvalue weighted by atomic mass is 16.5. The highest BCUT2D eigenvalue weighted by Crippen LogP contribution is 2.56. The Hall–Kier alpha value is -0.820. The van der Waals surface area contributed by atoms with E-state index in [1.54, 1.807) is 5.56 Å². The SMILES string of the molecule is Cc1ccccc1C12CCCOC1(C)C(C)CCC2. The largest absolute Gasteiger partial charge is 0.374 e. The fraction of sp³-hybridized carbons (Fsp3) is 0.667. The third kappa shape index (κ3) is 1.78. The van der Waals surface area contributed by atoms with E-state index in [9.17, 15) is 0 Å². The van der Waals surface area contributed by atoms with E-state index in [1.165, 1.54) is 37.7 Å². The molecular weight excluding hydrogens is 232 g/mol. The second kappa shape index (κ2) is 4.63. The standard InChI is InChI=1S/C18H26O/c1-14-8-4-5-10-16(14)18-11-6-9-15(2)17(18,3)19-13-7-12-18/h4-5,8,10,15H,6-7,9,11-13H2,1-3H3. The van der Waals surface area contributed by atoms with Gasteiger partial charge in [0.25, 0.3) is 0 Å². The van der Waals surface area contributed by atoms with Crippen LogP contribution in [0, 0.1) is 12.8 Å². The van der Waals surface area contributed by atoms with Crippen molar-refractivity contribution in [3.05, 3.63) is 35.4 Å². The molecule has 1 aliphatic carbocycles. The lowest BCUT2D eigenvalue weighted by Crippen LogP contribution is -2.60. The number of fused-ring (bicyclic) bond motifs is 1. The Morgan fingerprint density at radius 1 is 1.16 bits per heavy atom. The molecule has 104 valence electrons. The van der Waals surface area contributed by atoms with Crippen molar-refractivity contribution in [1.82, 2.24) is 0 Å². The monoisotopic (exact) mass is 258 g/mol. The summed E-state index contributed by atoms with van der Waals surface area (Å²) in [5, 5.41) is 0. The van der Waals surface area contributed by atoms with E-state index in [-0.39, 0.29) is 11.0 Å². The first-order valence-electron chi connectivity index (χ1n) is 7.80. The van der Waals surface area contributed by atoms with E-state index in [0.29, 0.717) is 5.92 Å². The predicted octanol–water partition coefficient (Wildman–Crippen LogP) is 4.62. The summed E-state index contributed by atoms with van der Waals surface area (Å²) in [6.45, 7) is 7.97. The van der Waals surface area contributed by atoms with Gasteiger partial charge in [0.2, 0.25) is 0 Å². The van der Waals surface area contributed by atoms with Crippen LogP contribution in [-0.4, -0.2) is 12.2 Å². The lowest BCUT2D eigenvalue weighted by molar-refractivity contribution is -0.173. The van der Waals surface area contributed by atoms with Crippen LogP contribution in [0.3, 0.4) is 0 Å². The van der Waals surface area contributed by atoms with Crippen LogP contribution >= 0.6 is 0 Å². The molecule has 1 heterocycles. The van der Waals surface area contributed by atoms with Crippen LogP contribution in [0.1, 0.15) is 57.1 Å². The Labute approximate surface area is 117 Å². The third-order valence-electron chi connectivity index (χ3n) is 5.94. The molecule has 1 aliphatic heterocycles. The second-order valence-electron chi connectivity index (χ2n) is 6.75. The molecule has 3 atom stereocenters. The van der Waals surface area contributed by atoms with Crippen molar-refractivity contribution in [2.24, 2.45) is 5.92 Å². The maximum Gasteiger partial charge on any atom is 0.0776 e. The second-order valence-corrected chi connectivity index (χ2v) is 6.75. The Morgan fingerprint density at radius 3 is 2.68 bits per heavy atom. The summed E-state index contributed by atoms with van der Waals surface area (Å²) in [7, 11) is 0. The first kappa shape index (κ1) is 13.2. The molecular formula is C18H26O. The van der Waals surface area contributed by atoms with Gasteiger partial charge in [-0.1, -0.05) is 37.6 Å². The molecule has 1 nitrogen and oxygen atoms in total. The average Bonchev–Trinajstić information content (AvgIpc) is 2.41. The smallest absolute Gasteiger partial charge is 0.0776 e. The van der Waals surface area contributed by atoms with E-state index in [1.807, 2.05) is 0 Å². The molecule has 1 heteroatoms. The fourth-order valence-electron chi connectivity index (χ4n) is 4.66. The summed E-state index contributed by atoms with van der Waals surface area (Å²) in [6, 6.07) is 8.97. The Morgan fingerprint density at radius 2 is 1.89 bits per heavy atom. The van der Waals surface area contributed by atoms with Gasteiger partial charge < -0.3 is 4.74 Å². The number of hydrogen-bond donors (Lipinski definition) is 0. The Balaban J connectivity index is 2.15. The van der Waals surface area contributed by atoms with Crippen LogP contribution in [0.4, 0.5) is 0 Å². The van der Waals surface area contributed by atoms with Crippen LogP contribution in [0.25, 0.3) is 0 Å². The molecule has 2 fully saturated rings. The van der Waals surface area contributed by atoms with Gasteiger partial charge in [0, 0.05) is 12.0 Å². The van der Waals surface area contributed by atoms with Crippen LogP contribution in [0.15, 0.2) is 24.3 Å². The van der Waals surface area contributed by atoms with Crippen molar-refractivity contribution in [2.75, 3.05) is 6.61 Å². The van der Waals surface area contributed by atoms with E-state index in [4.69, 9.17) is 4.74 Å². The minimum atomic E-state index is 0.0234. The number of benzene rings is 1. The van der Waals surface area contributed by atoms with Gasteiger partial charge in [-0.3, -0.25) is 0 Å². The molecule has 0 spiro atoms. The average molecular weight is 258 g/mol. The van der Waals surface area contributed by atoms with E-state index >= 15 is 0 Å². The van der Waals surface area contributed by atoms with Crippen molar-refractivity contribution in [2.45, 2.75) is 63.9 Å². The first-order valence-corrected chi connectivity index (χ1v) is 7.80. The van der Waals surface area contributed by atoms with Gasteiger partial charge in [-0.2, -0.15) is 0 Å². The summed E-state index contributed by atoms with van der Waals surface area (Å²) in [5.41, 5.74) is 3.25. The fourth-order valence-corrected chi connectivity index (χ4v) is 4.66. The van der Waals surface area contributed by atoms with Crippen molar-refractivity contribution in [3.63, 3.8) is 0 Å². The molecule has 0 bridgehead atoms. The lowest BCUT2D eigenvalue weighted by Gasteiger charge is -2.58. The molecule has 3 unspecified atom stereocenters. The summed E-state index contributed by atoms with van der Waals surface area (Å²) in [5.74, 6) is 0.654. The van der Waals surface area contributed by atoms with Crippen LogP contribution in [0.2, 0.25) is 0 Å². The van der Waals surface area contributed by atoms with Gasteiger partial charge >= 0.3 is 0 Å².